The third-order valence-corrected chi connectivity index (χ3v) is 5.25. The molecule has 0 bridgehead atoms. The zero-order chi connectivity index (χ0) is 20.6. The molecule has 1 heterocycles. The molecule has 0 aliphatic rings. The summed E-state index contributed by atoms with van der Waals surface area (Å²) >= 11 is 12.3. The number of hydrogen-bond acceptors (Lipinski definition) is 2. The van der Waals surface area contributed by atoms with E-state index in [0.717, 1.165) is 18.7 Å². The normalized spacial score (nSPS) is 10.9. The van der Waals surface area contributed by atoms with E-state index in [4.69, 9.17) is 27.9 Å². The van der Waals surface area contributed by atoms with Crippen LogP contribution < -0.4 is 0 Å². The van der Waals surface area contributed by atoms with E-state index >= 15 is 0 Å². The molecule has 0 spiro atoms. The minimum Gasteiger partial charge on any atom is -0.385 e. The van der Waals surface area contributed by atoms with Crippen molar-refractivity contribution in [3.63, 3.8) is 0 Å². The van der Waals surface area contributed by atoms with Crippen LogP contribution in [-0.2, 0) is 17.8 Å². The summed E-state index contributed by atoms with van der Waals surface area (Å²) in [6.07, 6.45) is 2.78. The maximum Gasteiger partial charge on any atom is 0.255 e. The molecule has 1 amide bonds. The van der Waals surface area contributed by atoms with Gasteiger partial charge in [0.2, 0.25) is 0 Å². The molecule has 3 aromatic rings. The fraction of sp³-hybridized carbons (Fsp3) is 0.261. The summed E-state index contributed by atoms with van der Waals surface area (Å²) in [5.74, 6) is -0.116. The third kappa shape index (κ3) is 5.86. The van der Waals surface area contributed by atoms with Gasteiger partial charge in [-0.3, -0.25) is 4.79 Å². The number of ether oxygens (including phenoxy) is 1. The molecular formula is C23H24Cl2N2O2. The summed E-state index contributed by atoms with van der Waals surface area (Å²) in [6, 6.07) is 19.3. The molecule has 0 atom stereocenters. The summed E-state index contributed by atoms with van der Waals surface area (Å²) in [4.78, 5) is 15.0. The first kappa shape index (κ1) is 21.4. The smallest absolute Gasteiger partial charge is 0.255 e. The van der Waals surface area contributed by atoms with Crippen molar-refractivity contribution in [2.75, 3.05) is 20.3 Å². The quantitative estimate of drug-likeness (QED) is 0.418. The number of rotatable bonds is 9. The van der Waals surface area contributed by atoms with Gasteiger partial charge in [0.1, 0.15) is 0 Å². The number of carbonyl (C=O) groups is 1. The molecule has 29 heavy (non-hydrogen) atoms. The number of halogens is 2. The molecule has 0 N–H and O–H groups in total. The zero-order valence-corrected chi connectivity index (χ0v) is 17.9. The molecule has 1 aromatic heterocycles. The lowest BCUT2D eigenvalue weighted by atomic mass is 10.1. The van der Waals surface area contributed by atoms with Crippen molar-refractivity contribution in [3.8, 4) is 0 Å². The fourth-order valence-corrected chi connectivity index (χ4v) is 3.70. The second kappa shape index (κ2) is 10.5. The van der Waals surface area contributed by atoms with Crippen LogP contribution in [0.2, 0.25) is 10.0 Å². The van der Waals surface area contributed by atoms with Gasteiger partial charge < -0.3 is 14.2 Å². The van der Waals surface area contributed by atoms with Gasteiger partial charge in [0.05, 0.1) is 17.1 Å². The SMILES string of the molecule is COCCCN(Cc1cccn1Cc1ccccc1)C(=O)c1ccc(Cl)cc1Cl. The Morgan fingerprint density at radius 1 is 1.07 bits per heavy atom. The molecule has 3 rings (SSSR count). The van der Waals surface area contributed by atoms with Gasteiger partial charge in [-0.25, -0.2) is 0 Å². The molecule has 0 saturated heterocycles. The maximum atomic E-state index is 13.2. The Labute approximate surface area is 181 Å². The van der Waals surface area contributed by atoms with Crippen molar-refractivity contribution < 1.29 is 9.53 Å². The molecule has 0 unspecified atom stereocenters. The molecule has 0 aliphatic carbocycles. The second-order valence-electron chi connectivity index (χ2n) is 6.81. The van der Waals surface area contributed by atoms with E-state index in [0.29, 0.717) is 35.3 Å². The molecule has 4 nitrogen and oxygen atoms in total. The van der Waals surface area contributed by atoms with Gasteiger partial charge in [0.25, 0.3) is 5.91 Å². The standard InChI is InChI=1S/C23H24Cl2N2O2/c1-29-14-6-13-27(23(28)21-11-10-19(24)15-22(21)25)17-20-9-5-12-26(20)16-18-7-3-2-4-8-18/h2-5,7-12,15H,6,13-14,16-17H2,1H3. The average molecular weight is 431 g/mol. The topological polar surface area (TPSA) is 34.5 Å². The number of carbonyl (C=O) groups excluding carboxylic acids is 1. The summed E-state index contributed by atoms with van der Waals surface area (Å²) in [5, 5.41) is 0.869. The lowest BCUT2D eigenvalue weighted by Crippen LogP contribution is -2.33. The number of nitrogens with zero attached hydrogens (tertiary/aromatic N) is 2. The predicted molar refractivity (Wildman–Crippen MR) is 118 cm³/mol. The van der Waals surface area contributed by atoms with E-state index in [-0.39, 0.29) is 5.91 Å². The van der Waals surface area contributed by atoms with Crippen LogP contribution in [0.5, 0.6) is 0 Å². The highest BCUT2D eigenvalue weighted by molar-refractivity contribution is 6.36. The Morgan fingerprint density at radius 3 is 2.59 bits per heavy atom. The number of methoxy groups -OCH3 is 1. The van der Waals surface area contributed by atoms with Gasteiger partial charge in [0.15, 0.2) is 0 Å². The first-order chi connectivity index (χ1) is 14.1. The van der Waals surface area contributed by atoms with E-state index in [1.807, 2.05) is 41.4 Å². The van der Waals surface area contributed by atoms with Gasteiger partial charge in [-0.15, -0.1) is 0 Å². The Kier molecular flexibility index (Phi) is 7.76. The Morgan fingerprint density at radius 2 is 1.86 bits per heavy atom. The van der Waals surface area contributed by atoms with Crippen LogP contribution in [0.25, 0.3) is 0 Å². The van der Waals surface area contributed by atoms with Crippen LogP contribution in [-0.4, -0.2) is 35.6 Å². The van der Waals surface area contributed by atoms with Crippen molar-refractivity contribution in [1.29, 1.82) is 0 Å². The summed E-state index contributed by atoms with van der Waals surface area (Å²) in [5.41, 5.74) is 2.72. The van der Waals surface area contributed by atoms with Crippen LogP contribution >= 0.6 is 23.2 Å². The van der Waals surface area contributed by atoms with Crippen molar-refractivity contribution in [2.45, 2.75) is 19.5 Å². The zero-order valence-electron chi connectivity index (χ0n) is 16.4. The largest absolute Gasteiger partial charge is 0.385 e. The van der Waals surface area contributed by atoms with E-state index < -0.39 is 0 Å². The maximum absolute atomic E-state index is 13.2. The minimum atomic E-state index is -0.116. The summed E-state index contributed by atoms with van der Waals surface area (Å²) in [6.45, 7) is 2.40. The first-order valence-electron chi connectivity index (χ1n) is 9.49. The van der Waals surface area contributed by atoms with Gasteiger partial charge in [-0.05, 0) is 42.3 Å². The van der Waals surface area contributed by atoms with E-state index in [1.54, 1.807) is 25.3 Å². The Balaban J connectivity index is 1.81. The second-order valence-corrected chi connectivity index (χ2v) is 7.65. The number of amides is 1. The van der Waals surface area contributed by atoms with E-state index in [1.165, 1.54) is 5.56 Å². The van der Waals surface area contributed by atoms with Gasteiger partial charge in [-0.1, -0.05) is 53.5 Å². The Hall–Kier alpha value is -2.27. The molecule has 6 heteroatoms. The van der Waals surface area contributed by atoms with Crippen molar-refractivity contribution in [3.05, 3.63) is 93.7 Å². The number of benzene rings is 2. The monoisotopic (exact) mass is 430 g/mol. The molecule has 0 radical (unpaired) electrons. The summed E-state index contributed by atoms with van der Waals surface area (Å²) < 4.78 is 7.33. The van der Waals surface area contributed by atoms with Crippen molar-refractivity contribution >= 4 is 29.1 Å². The van der Waals surface area contributed by atoms with Crippen molar-refractivity contribution in [1.82, 2.24) is 9.47 Å². The third-order valence-electron chi connectivity index (χ3n) is 4.70. The number of hydrogen-bond donors (Lipinski definition) is 0. The average Bonchev–Trinajstić information content (AvgIpc) is 3.14. The number of aromatic nitrogens is 1. The van der Waals surface area contributed by atoms with Crippen LogP contribution in [0.3, 0.4) is 0 Å². The lowest BCUT2D eigenvalue weighted by Gasteiger charge is -2.24. The van der Waals surface area contributed by atoms with E-state index in [9.17, 15) is 4.79 Å². The fourth-order valence-electron chi connectivity index (χ4n) is 3.21. The van der Waals surface area contributed by atoms with Crippen molar-refractivity contribution in [2.24, 2.45) is 0 Å². The molecule has 0 aliphatic heterocycles. The summed E-state index contributed by atoms with van der Waals surface area (Å²) in [7, 11) is 1.66. The van der Waals surface area contributed by atoms with Crippen LogP contribution in [0.1, 0.15) is 28.0 Å². The Bertz CT molecular complexity index is 941. The van der Waals surface area contributed by atoms with Crippen LogP contribution in [0, 0.1) is 0 Å². The minimum absolute atomic E-state index is 0.116. The van der Waals surface area contributed by atoms with Crippen LogP contribution in [0.4, 0.5) is 0 Å². The van der Waals surface area contributed by atoms with Crippen LogP contribution in [0.15, 0.2) is 66.9 Å². The highest BCUT2D eigenvalue weighted by atomic mass is 35.5. The predicted octanol–water partition coefficient (Wildman–Crippen LogP) is 5.52. The molecular weight excluding hydrogens is 407 g/mol. The highest BCUT2D eigenvalue weighted by Crippen LogP contribution is 2.23. The molecule has 0 fully saturated rings. The van der Waals surface area contributed by atoms with Gasteiger partial charge >= 0.3 is 0 Å². The highest BCUT2D eigenvalue weighted by Gasteiger charge is 2.20. The van der Waals surface area contributed by atoms with Gasteiger partial charge in [0, 0.05) is 43.7 Å². The molecule has 2 aromatic carbocycles. The molecule has 0 saturated carbocycles. The van der Waals surface area contributed by atoms with E-state index in [2.05, 4.69) is 16.7 Å². The lowest BCUT2D eigenvalue weighted by molar-refractivity contribution is 0.0720. The molecule has 152 valence electrons. The first-order valence-corrected chi connectivity index (χ1v) is 10.3. The van der Waals surface area contributed by atoms with Gasteiger partial charge in [-0.2, -0.15) is 0 Å².